The van der Waals surface area contributed by atoms with E-state index in [1.807, 2.05) is 6.07 Å². The van der Waals surface area contributed by atoms with E-state index in [-0.39, 0.29) is 5.82 Å². The monoisotopic (exact) mass is 294 g/mol. The Morgan fingerprint density at radius 3 is 2.24 bits per heavy atom. The van der Waals surface area contributed by atoms with E-state index in [4.69, 9.17) is 25.1 Å². The molecule has 0 saturated carbocycles. The summed E-state index contributed by atoms with van der Waals surface area (Å²) in [5, 5.41) is 35.2. The number of aromatic nitrogens is 4. The van der Waals surface area contributed by atoms with Gasteiger partial charge in [0, 0.05) is 6.54 Å². The predicted octanol–water partition coefficient (Wildman–Crippen LogP) is -1.03. The summed E-state index contributed by atoms with van der Waals surface area (Å²) >= 11 is 0. The first kappa shape index (κ1) is 14.9. The normalized spacial score (nSPS) is 26.3. The van der Waals surface area contributed by atoms with Crippen molar-refractivity contribution in [3.63, 3.8) is 0 Å². The Morgan fingerprint density at radius 2 is 1.86 bits per heavy atom. The minimum absolute atomic E-state index is 0.173. The second kappa shape index (κ2) is 6.27. The Labute approximate surface area is 119 Å². The summed E-state index contributed by atoms with van der Waals surface area (Å²) in [5.41, 5.74) is 0. The molecule has 0 radical (unpaired) electrons. The van der Waals surface area contributed by atoms with Gasteiger partial charge in [0.25, 0.3) is 5.82 Å². The van der Waals surface area contributed by atoms with E-state index < -0.39 is 11.9 Å². The highest BCUT2D eigenvalue weighted by molar-refractivity contribution is 6.27. The molecule has 2 N–H and O–H groups in total. The molecule has 112 valence electrons. The zero-order valence-electron chi connectivity index (χ0n) is 11.1. The van der Waals surface area contributed by atoms with Crippen molar-refractivity contribution in [2.24, 2.45) is 5.92 Å². The van der Waals surface area contributed by atoms with Gasteiger partial charge >= 0.3 is 11.9 Å². The number of fused-ring (bicyclic) bond motifs is 3. The molecule has 4 heterocycles. The van der Waals surface area contributed by atoms with Gasteiger partial charge in [-0.15, -0.1) is 5.10 Å². The lowest BCUT2D eigenvalue weighted by molar-refractivity contribution is -0.159. The zero-order chi connectivity index (χ0) is 15.4. The minimum atomic E-state index is -1.82. The van der Waals surface area contributed by atoms with Crippen molar-refractivity contribution in [2.45, 2.75) is 18.9 Å². The summed E-state index contributed by atoms with van der Waals surface area (Å²) in [6.07, 6.45) is 2.43. The summed E-state index contributed by atoms with van der Waals surface area (Å²) in [6.45, 7) is 3.40. The Hall–Kier alpha value is -2.54. The SMILES string of the molecule is N#Cc1nnn(C2CN3CCC2CC3)n1.O=C(O)C(=O)O. The summed E-state index contributed by atoms with van der Waals surface area (Å²) in [4.78, 5) is 22.3. The van der Waals surface area contributed by atoms with E-state index in [0.717, 1.165) is 6.54 Å². The van der Waals surface area contributed by atoms with Crippen molar-refractivity contribution in [1.82, 2.24) is 25.1 Å². The van der Waals surface area contributed by atoms with Gasteiger partial charge in [0.15, 0.2) is 0 Å². The molecule has 4 rings (SSSR count). The molecule has 1 aromatic rings. The molecule has 0 aromatic carbocycles. The maximum atomic E-state index is 9.10. The van der Waals surface area contributed by atoms with Crippen LogP contribution in [0.2, 0.25) is 0 Å². The number of nitrogens with zero attached hydrogens (tertiary/aromatic N) is 6. The van der Waals surface area contributed by atoms with Crippen LogP contribution in [0.15, 0.2) is 0 Å². The van der Waals surface area contributed by atoms with Crippen LogP contribution < -0.4 is 0 Å². The highest BCUT2D eigenvalue weighted by Gasteiger charge is 2.36. The lowest BCUT2D eigenvalue weighted by Gasteiger charge is -2.43. The van der Waals surface area contributed by atoms with Gasteiger partial charge in [-0.3, -0.25) is 0 Å². The summed E-state index contributed by atoms with van der Waals surface area (Å²) in [6, 6.07) is 2.23. The first-order chi connectivity index (χ1) is 10.0. The average molecular weight is 294 g/mol. The molecule has 21 heavy (non-hydrogen) atoms. The number of piperidine rings is 3. The van der Waals surface area contributed by atoms with Gasteiger partial charge in [0.2, 0.25) is 0 Å². The summed E-state index contributed by atoms with van der Waals surface area (Å²) in [5.74, 6) is -2.81. The molecule has 1 atom stereocenters. The van der Waals surface area contributed by atoms with Crippen LogP contribution in [0.3, 0.4) is 0 Å². The van der Waals surface area contributed by atoms with E-state index >= 15 is 0 Å². The van der Waals surface area contributed by atoms with Crippen molar-refractivity contribution >= 4 is 11.9 Å². The third kappa shape index (κ3) is 3.51. The molecule has 1 aromatic heterocycles. The highest BCUT2D eigenvalue weighted by atomic mass is 16.4. The first-order valence-electron chi connectivity index (χ1n) is 6.39. The molecular formula is C11H14N6O4. The molecule has 2 bridgehead atoms. The Balaban J connectivity index is 0.000000232. The number of tetrazole rings is 1. The Morgan fingerprint density at radius 1 is 1.24 bits per heavy atom. The number of rotatable bonds is 1. The minimum Gasteiger partial charge on any atom is -0.473 e. The van der Waals surface area contributed by atoms with Crippen LogP contribution in [-0.2, 0) is 9.59 Å². The number of carboxylic acids is 2. The number of carboxylic acid groups (broad SMARTS) is 2. The number of hydrogen-bond acceptors (Lipinski definition) is 7. The van der Waals surface area contributed by atoms with Crippen LogP contribution in [0.25, 0.3) is 0 Å². The van der Waals surface area contributed by atoms with E-state index in [1.165, 1.54) is 25.9 Å². The van der Waals surface area contributed by atoms with Gasteiger partial charge in [-0.1, -0.05) is 5.10 Å². The maximum absolute atomic E-state index is 9.10. The maximum Gasteiger partial charge on any atom is 0.414 e. The third-order valence-electron chi connectivity index (χ3n) is 3.63. The van der Waals surface area contributed by atoms with Crippen molar-refractivity contribution in [2.75, 3.05) is 19.6 Å². The third-order valence-corrected chi connectivity index (χ3v) is 3.63. The van der Waals surface area contributed by atoms with Crippen molar-refractivity contribution in [3.05, 3.63) is 5.82 Å². The van der Waals surface area contributed by atoms with E-state index in [2.05, 4.69) is 20.3 Å². The van der Waals surface area contributed by atoms with Gasteiger partial charge in [0.1, 0.15) is 6.07 Å². The second-order valence-electron chi connectivity index (χ2n) is 4.86. The van der Waals surface area contributed by atoms with Crippen LogP contribution in [0.5, 0.6) is 0 Å². The van der Waals surface area contributed by atoms with Crippen molar-refractivity contribution < 1.29 is 19.8 Å². The molecule has 3 saturated heterocycles. The molecule has 0 amide bonds. The van der Waals surface area contributed by atoms with Crippen molar-refractivity contribution in [3.8, 4) is 6.07 Å². The van der Waals surface area contributed by atoms with Gasteiger partial charge in [-0.2, -0.15) is 10.1 Å². The lowest BCUT2D eigenvalue weighted by atomic mass is 9.84. The summed E-state index contributed by atoms with van der Waals surface area (Å²) < 4.78 is 0. The topological polar surface area (TPSA) is 145 Å². The number of nitriles is 1. The molecule has 0 spiro atoms. The first-order valence-corrected chi connectivity index (χ1v) is 6.39. The van der Waals surface area contributed by atoms with Crippen molar-refractivity contribution in [1.29, 1.82) is 5.26 Å². The fourth-order valence-electron chi connectivity index (χ4n) is 2.61. The second-order valence-corrected chi connectivity index (χ2v) is 4.86. The van der Waals surface area contributed by atoms with E-state index in [9.17, 15) is 0 Å². The van der Waals surface area contributed by atoms with Crippen LogP contribution in [0.1, 0.15) is 24.7 Å². The highest BCUT2D eigenvalue weighted by Crippen LogP contribution is 2.34. The van der Waals surface area contributed by atoms with Crippen LogP contribution in [0, 0.1) is 17.2 Å². The molecule has 3 aliphatic rings. The van der Waals surface area contributed by atoms with E-state index in [0.29, 0.717) is 12.0 Å². The molecule has 3 fully saturated rings. The molecule has 0 aliphatic carbocycles. The van der Waals surface area contributed by atoms with Gasteiger partial charge in [0.05, 0.1) is 6.04 Å². The lowest BCUT2D eigenvalue weighted by Crippen LogP contribution is -2.48. The fourth-order valence-corrected chi connectivity index (χ4v) is 2.61. The van der Waals surface area contributed by atoms with Crippen LogP contribution in [0.4, 0.5) is 0 Å². The molecular weight excluding hydrogens is 280 g/mol. The van der Waals surface area contributed by atoms with Crippen LogP contribution in [-0.4, -0.2) is 66.9 Å². The number of carbonyl (C=O) groups is 2. The molecule has 10 heteroatoms. The quantitative estimate of drug-likeness (QED) is 0.620. The largest absolute Gasteiger partial charge is 0.473 e. The molecule has 1 unspecified atom stereocenters. The average Bonchev–Trinajstić information content (AvgIpc) is 2.98. The number of hydrogen-bond donors (Lipinski definition) is 2. The number of aliphatic carboxylic acids is 2. The Bertz CT molecular complexity index is 560. The smallest absolute Gasteiger partial charge is 0.414 e. The van der Waals surface area contributed by atoms with Gasteiger partial charge < -0.3 is 15.1 Å². The zero-order valence-corrected chi connectivity index (χ0v) is 11.1. The fraction of sp³-hybridized carbons (Fsp3) is 0.636. The molecule has 3 aliphatic heterocycles. The molecule has 10 nitrogen and oxygen atoms in total. The van der Waals surface area contributed by atoms with Gasteiger partial charge in [-0.25, -0.2) is 9.59 Å². The van der Waals surface area contributed by atoms with Crippen LogP contribution >= 0.6 is 0 Å². The summed E-state index contributed by atoms with van der Waals surface area (Å²) in [7, 11) is 0. The predicted molar refractivity (Wildman–Crippen MR) is 66.0 cm³/mol. The van der Waals surface area contributed by atoms with E-state index in [1.54, 1.807) is 4.80 Å². The van der Waals surface area contributed by atoms with Gasteiger partial charge in [-0.05, 0) is 37.1 Å². The Kier molecular flexibility index (Phi) is 4.44. The standard InChI is InChI=1S/C9H12N6.C2H2O4/c10-5-9-11-13-15(12-9)8-6-14-3-1-7(8)2-4-14;3-1(4)2(5)6/h7-8H,1-4,6H2;(H,3,4)(H,5,6).